The Morgan fingerprint density at radius 3 is 2.25 bits per heavy atom. The molecule has 0 radical (unpaired) electrons. The summed E-state index contributed by atoms with van der Waals surface area (Å²) in [6.45, 7) is 0. The van der Waals surface area contributed by atoms with Crippen LogP contribution in [0.15, 0.2) is 18.7 Å². The average molecular weight is 243 g/mol. The van der Waals surface area contributed by atoms with Crippen molar-refractivity contribution in [3.63, 3.8) is 0 Å². The van der Waals surface area contributed by atoms with Gasteiger partial charge in [0.15, 0.2) is 0 Å². The second kappa shape index (κ2) is 5.45. The van der Waals surface area contributed by atoms with Crippen molar-refractivity contribution in [1.82, 2.24) is 9.55 Å². The van der Waals surface area contributed by atoms with Crippen LogP contribution in [-0.2, 0) is 7.05 Å². The maximum absolute atomic E-state index is 3.78. The molecule has 0 aliphatic heterocycles. The van der Waals surface area contributed by atoms with Crippen LogP contribution >= 0.6 is 12.4 Å². The third-order valence-corrected chi connectivity index (χ3v) is 0.637. The van der Waals surface area contributed by atoms with Crippen molar-refractivity contribution in [2.75, 3.05) is 0 Å². The molecule has 0 unspecified atom stereocenters. The number of halogens is 1. The second-order valence-corrected chi connectivity index (χ2v) is 1.23. The Labute approximate surface area is 72.2 Å². The summed E-state index contributed by atoms with van der Waals surface area (Å²) in [5.74, 6) is 0. The fraction of sp³-hybridized carbons (Fsp3) is 0.250. The predicted molar refractivity (Wildman–Crippen MR) is 40.4 cm³/mol. The zero-order valence-corrected chi connectivity index (χ0v) is 9.59. The van der Waals surface area contributed by atoms with Crippen molar-refractivity contribution in [2.24, 2.45) is 7.05 Å². The maximum atomic E-state index is 3.78. The minimum atomic E-state index is 0. The molecule has 0 atom stereocenters. The van der Waals surface area contributed by atoms with E-state index in [-0.39, 0.29) is 36.8 Å². The molecule has 1 heterocycles. The van der Waals surface area contributed by atoms with Gasteiger partial charge in [-0.2, -0.15) is 0 Å². The van der Waals surface area contributed by atoms with Crippen LogP contribution in [0.3, 0.4) is 0 Å². The van der Waals surface area contributed by atoms with Gasteiger partial charge in [-0.15, -0.1) is 12.4 Å². The Morgan fingerprint density at radius 2 is 2.12 bits per heavy atom. The Balaban J connectivity index is 0. The summed E-state index contributed by atoms with van der Waals surface area (Å²) in [6.07, 6.45) is 5.39. The van der Waals surface area contributed by atoms with Gasteiger partial charge in [-0.1, -0.05) is 0 Å². The molecule has 0 amide bonds. The number of rotatable bonds is 0. The van der Waals surface area contributed by atoms with Crippen LogP contribution in [0.4, 0.5) is 0 Å². The molecular formula is C4H10ClN2Sb. The van der Waals surface area contributed by atoms with Crippen LogP contribution in [-0.4, -0.2) is 34.0 Å². The van der Waals surface area contributed by atoms with Gasteiger partial charge in [0.05, 0.1) is 6.33 Å². The molecule has 4 heteroatoms. The van der Waals surface area contributed by atoms with E-state index >= 15 is 0 Å². The first-order valence-electron chi connectivity index (χ1n) is 1.81. The first-order chi connectivity index (χ1) is 2.89. The molecule has 0 aromatic carbocycles. The molecule has 1 aromatic rings. The normalized spacial score (nSPS) is 6.62. The molecule has 0 fully saturated rings. The van der Waals surface area contributed by atoms with Crippen LogP contribution in [0.5, 0.6) is 0 Å². The van der Waals surface area contributed by atoms with Crippen LogP contribution in [0.2, 0.25) is 0 Å². The van der Waals surface area contributed by atoms with Crippen molar-refractivity contribution in [3.05, 3.63) is 18.7 Å². The van der Waals surface area contributed by atoms with Gasteiger partial charge in [0.25, 0.3) is 0 Å². The number of aromatic nitrogens is 2. The number of aryl methyl sites for hydroxylation is 1. The van der Waals surface area contributed by atoms with E-state index in [9.17, 15) is 0 Å². The molecule has 0 aliphatic rings. The molecule has 0 N–H and O–H groups in total. The molecule has 1 aromatic heterocycles. The number of imidazole rings is 1. The van der Waals surface area contributed by atoms with E-state index in [0.29, 0.717) is 0 Å². The van der Waals surface area contributed by atoms with Crippen LogP contribution in [0.25, 0.3) is 0 Å². The quantitative estimate of drug-likeness (QED) is 0.570. The summed E-state index contributed by atoms with van der Waals surface area (Å²) in [4.78, 5) is 3.78. The fourth-order valence-electron chi connectivity index (χ4n) is 0.326. The molecule has 8 heavy (non-hydrogen) atoms. The molecule has 2 nitrogen and oxygen atoms in total. The van der Waals surface area contributed by atoms with Crippen LogP contribution in [0, 0.1) is 0 Å². The number of hydrogen-bond acceptors (Lipinski definition) is 1. The van der Waals surface area contributed by atoms with Crippen molar-refractivity contribution in [1.29, 1.82) is 0 Å². The number of nitrogens with zero attached hydrogens (tertiary/aromatic N) is 2. The van der Waals surface area contributed by atoms with E-state index in [4.69, 9.17) is 0 Å². The van der Waals surface area contributed by atoms with Gasteiger partial charge in [-0.05, 0) is 0 Å². The van der Waals surface area contributed by atoms with E-state index in [2.05, 4.69) is 4.98 Å². The molecule has 0 saturated carbocycles. The molecule has 0 bridgehead atoms. The van der Waals surface area contributed by atoms with Crippen molar-refractivity contribution in [3.8, 4) is 0 Å². The van der Waals surface area contributed by atoms with E-state index in [0.717, 1.165) is 0 Å². The Morgan fingerprint density at radius 1 is 1.50 bits per heavy atom. The first-order valence-corrected chi connectivity index (χ1v) is 1.81. The molecule has 48 valence electrons. The summed E-state index contributed by atoms with van der Waals surface area (Å²) in [7, 11) is 1.94. The van der Waals surface area contributed by atoms with Gasteiger partial charge in [-0.25, -0.2) is 4.98 Å². The summed E-state index contributed by atoms with van der Waals surface area (Å²) in [5, 5.41) is 0. The standard InChI is InChI=1S/C4H6N2.ClH.Sb.3H/c1-6-3-2-5-4-6;;;;;/h2-4H,1H3;1H;;;;. The zero-order chi connectivity index (χ0) is 4.41. The SMILES string of the molecule is Cl.Cn1ccnc1.[SbH3]. The van der Waals surface area contributed by atoms with Crippen molar-refractivity contribution in [2.45, 2.75) is 0 Å². The summed E-state index contributed by atoms with van der Waals surface area (Å²) < 4.78 is 1.89. The fourth-order valence-corrected chi connectivity index (χ4v) is 0.326. The molecule has 0 spiro atoms. The third kappa shape index (κ3) is 3.34. The van der Waals surface area contributed by atoms with E-state index in [1.54, 1.807) is 12.5 Å². The summed E-state index contributed by atoms with van der Waals surface area (Å²) in [5.41, 5.74) is 0. The van der Waals surface area contributed by atoms with Gasteiger partial charge in [0, 0.05) is 19.4 Å². The topological polar surface area (TPSA) is 17.8 Å². The van der Waals surface area contributed by atoms with Gasteiger partial charge in [0.1, 0.15) is 0 Å². The number of hydrogen-bond donors (Lipinski definition) is 0. The van der Waals surface area contributed by atoms with Crippen molar-refractivity contribution >= 4 is 36.8 Å². The first kappa shape index (κ1) is 11.2. The van der Waals surface area contributed by atoms with Gasteiger partial charge >= 0.3 is 24.4 Å². The molecule has 0 saturated heterocycles. The zero-order valence-electron chi connectivity index (χ0n) is 4.74. The van der Waals surface area contributed by atoms with E-state index < -0.39 is 0 Å². The van der Waals surface area contributed by atoms with Crippen molar-refractivity contribution < 1.29 is 0 Å². The van der Waals surface area contributed by atoms with Crippen LogP contribution < -0.4 is 0 Å². The summed E-state index contributed by atoms with van der Waals surface area (Å²) >= 11 is 0. The Kier molecular flexibility index (Phi) is 7.61. The Bertz CT molecular complexity index is 118. The van der Waals surface area contributed by atoms with Crippen LogP contribution in [0.1, 0.15) is 0 Å². The monoisotopic (exact) mass is 242 g/mol. The Hall–Kier alpha value is 0.318. The molecular weight excluding hydrogens is 233 g/mol. The molecule has 1 rings (SSSR count). The second-order valence-electron chi connectivity index (χ2n) is 1.23. The molecule has 0 aliphatic carbocycles. The average Bonchev–Trinajstić information content (AvgIpc) is 1.86. The third-order valence-electron chi connectivity index (χ3n) is 0.637. The van der Waals surface area contributed by atoms with Gasteiger partial charge in [-0.3, -0.25) is 0 Å². The van der Waals surface area contributed by atoms with Gasteiger partial charge < -0.3 is 4.57 Å². The summed E-state index contributed by atoms with van der Waals surface area (Å²) in [6, 6.07) is 0. The van der Waals surface area contributed by atoms with E-state index in [1.165, 1.54) is 0 Å². The predicted octanol–water partition coefficient (Wildman–Crippen LogP) is -0.342. The van der Waals surface area contributed by atoms with E-state index in [1.807, 2.05) is 17.8 Å². The van der Waals surface area contributed by atoms with Gasteiger partial charge in [0.2, 0.25) is 0 Å². The minimum absolute atomic E-state index is 0.